The molecule has 0 radical (unpaired) electrons. The molecule has 0 aliphatic rings. The zero-order chi connectivity index (χ0) is 35.4. The molecule has 0 unspecified atom stereocenters. The molecule has 16 heteroatoms. The van der Waals surface area contributed by atoms with Crippen LogP contribution in [0.4, 0.5) is 13.2 Å². The number of pyridine rings is 2. The van der Waals surface area contributed by atoms with Crippen molar-refractivity contribution in [2.24, 2.45) is 0 Å². The molecule has 248 valence electrons. The van der Waals surface area contributed by atoms with Crippen molar-refractivity contribution in [3.05, 3.63) is 109 Å². The van der Waals surface area contributed by atoms with Crippen molar-refractivity contribution >= 4 is 35.1 Å². The molecule has 2 aromatic heterocycles. The highest BCUT2D eigenvalue weighted by Gasteiger charge is 2.19. The second-order valence-corrected chi connectivity index (χ2v) is 10.1. The zero-order valence-electron chi connectivity index (χ0n) is 25.0. The van der Waals surface area contributed by atoms with E-state index in [-0.39, 0.29) is 57.3 Å². The van der Waals surface area contributed by atoms with Crippen molar-refractivity contribution in [2.75, 3.05) is 13.2 Å². The van der Waals surface area contributed by atoms with Crippen LogP contribution in [0.1, 0.15) is 36.4 Å². The lowest BCUT2D eigenvalue weighted by molar-refractivity contribution is -0.143. The summed E-state index contributed by atoms with van der Waals surface area (Å²) in [6.07, 6.45) is -0.974. The minimum absolute atomic E-state index is 0.0469. The molecule has 2 aromatic carbocycles. The van der Waals surface area contributed by atoms with Gasteiger partial charge in [-0.15, -0.1) is 0 Å². The number of aromatic nitrogens is 2. The summed E-state index contributed by atoms with van der Waals surface area (Å²) in [6, 6.07) is 13.6. The topological polar surface area (TPSA) is 164 Å². The molecule has 11 nitrogen and oxygen atoms in total. The number of ether oxygens (including phenoxy) is 4. The van der Waals surface area contributed by atoms with Gasteiger partial charge in [0.25, 0.3) is 5.56 Å². The van der Waals surface area contributed by atoms with Gasteiger partial charge in [0.05, 0.1) is 60.7 Å². The second-order valence-electron chi connectivity index (χ2n) is 9.24. The van der Waals surface area contributed by atoms with Crippen LogP contribution in [0.2, 0.25) is 10.0 Å². The molecular weight excluding hydrogens is 680 g/mol. The summed E-state index contributed by atoms with van der Waals surface area (Å²) in [7, 11) is 0. The minimum atomic E-state index is -1.02. The molecular formula is C32H23Cl2F3N4O7. The summed E-state index contributed by atoms with van der Waals surface area (Å²) in [4.78, 5) is 40.1. The number of carbonyl (C=O) groups excluding carboxylic acids is 2. The first-order chi connectivity index (χ1) is 22.8. The van der Waals surface area contributed by atoms with Crippen molar-refractivity contribution in [3.63, 3.8) is 0 Å². The number of carbonyl (C=O) groups is 2. The van der Waals surface area contributed by atoms with Crippen LogP contribution in [0.15, 0.2) is 53.3 Å². The monoisotopic (exact) mass is 702 g/mol. The lowest BCUT2D eigenvalue weighted by atomic mass is 10.2. The molecule has 48 heavy (non-hydrogen) atoms. The highest BCUT2D eigenvalue weighted by Crippen LogP contribution is 2.30. The van der Waals surface area contributed by atoms with Gasteiger partial charge < -0.3 is 23.9 Å². The third-order valence-electron chi connectivity index (χ3n) is 5.68. The number of rotatable bonds is 10. The van der Waals surface area contributed by atoms with E-state index in [0.717, 1.165) is 12.1 Å². The van der Waals surface area contributed by atoms with Crippen molar-refractivity contribution in [3.8, 4) is 35.1 Å². The SMILES string of the molecule is CCOC(=O)Cc1[nH]c(=O)cc(Oc2cc(Cl)cc(C#N)c2)c1F.CCOC(=O)Cc1nc(F)cc(Oc2cc(Cl)cc(C#N)c2)c1F. The van der Waals surface area contributed by atoms with Crippen molar-refractivity contribution in [2.45, 2.75) is 26.7 Å². The first-order valence-electron chi connectivity index (χ1n) is 13.7. The van der Waals surface area contributed by atoms with E-state index in [2.05, 4.69) is 14.7 Å². The van der Waals surface area contributed by atoms with Crippen LogP contribution in [0.5, 0.6) is 23.0 Å². The maximum absolute atomic E-state index is 14.4. The Labute approximate surface area is 281 Å². The molecule has 4 rings (SSSR count). The van der Waals surface area contributed by atoms with Crippen LogP contribution in [-0.4, -0.2) is 35.1 Å². The molecule has 0 atom stereocenters. The summed E-state index contributed by atoms with van der Waals surface area (Å²) < 4.78 is 62.3. The fourth-order valence-corrected chi connectivity index (χ4v) is 4.26. The Morgan fingerprint density at radius 3 is 1.77 bits per heavy atom. The van der Waals surface area contributed by atoms with Crippen LogP contribution in [-0.2, 0) is 31.9 Å². The summed E-state index contributed by atoms with van der Waals surface area (Å²) in [5.41, 5.74) is -0.925. The number of nitrogens with zero attached hydrogens (tertiary/aromatic N) is 3. The molecule has 0 fully saturated rings. The first kappa shape index (κ1) is 36.9. The van der Waals surface area contributed by atoms with E-state index in [1.807, 2.05) is 12.1 Å². The maximum Gasteiger partial charge on any atom is 0.311 e. The van der Waals surface area contributed by atoms with E-state index in [9.17, 15) is 27.6 Å². The van der Waals surface area contributed by atoms with Crippen LogP contribution in [0, 0.1) is 40.2 Å². The van der Waals surface area contributed by atoms with Gasteiger partial charge in [-0.3, -0.25) is 14.4 Å². The second kappa shape index (κ2) is 17.4. The summed E-state index contributed by atoms with van der Waals surface area (Å²) in [6.45, 7) is 3.45. The minimum Gasteiger partial charge on any atom is -0.466 e. The number of esters is 2. The number of nitrogens with one attached hydrogen (secondary N) is 1. The van der Waals surface area contributed by atoms with E-state index >= 15 is 0 Å². The highest BCUT2D eigenvalue weighted by atomic mass is 35.5. The van der Waals surface area contributed by atoms with Gasteiger partial charge in [0.1, 0.15) is 11.5 Å². The lowest BCUT2D eigenvalue weighted by Crippen LogP contribution is -2.16. The van der Waals surface area contributed by atoms with Gasteiger partial charge in [0.2, 0.25) is 5.95 Å². The Bertz CT molecular complexity index is 1980. The Kier molecular flexibility index (Phi) is 13.4. The number of H-pyrrole nitrogens is 1. The fourth-order valence-electron chi connectivity index (χ4n) is 3.81. The van der Waals surface area contributed by atoms with E-state index < -0.39 is 59.4 Å². The van der Waals surface area contributed by atoms with Gasteiger partial charge in [-0.2, -0.15) is 14.9 Å². The number of nitriles is 2. The quantitative estimate of drug-likeness (QED) is 0.139. The van der Waals surface area contributed by atoms with Crippen molar-refractivity contribution in [1.29, 1.82) is 10.5 Å². The molecule has 2 heterocycles. The zero-order valence-corrected chi connectivity index (χ0v) is 26.5. The van der Waals surface area contributed by atoms with E-state index in [4.69, 9.17) is 47.9 Å². The van der Waals surface area contributed by atoms with Crippen LogP contribution >= 0.6 is 23.2 Å². The highest BCUT2D eigenvalue weighted by molar-refractivity contribution is 6.31. The van der Waals surface area contributed by atoms with Gasteiger partial charge in [-0.25, -0.2) is 13.8 Å². The van der Waals surface area contributed by atoms with Gasteiger partial charge in [0, 0.05) is 22.2 Å². The summed E-state index contributed by atoms with van der Waals surface area (Å²) >= 11 is 11.7. The van der Waals surface area contributed by atoms with Gasteiger partial charge >= 0.3 is 11.9 Å². The van der Waals surface area contributed by atoms with Crippen LogP contribution < -0.4 is 15.0 Å². The molecule has 0 bridgehead atoms. The van der Waals surface area contributed by atoms with E-state index in [1.165, 1.54) is 36.4 Å². The molecule has 0 aliphatic heterocycles. The molecule has 0 aliphatic carbocycles. The Morgan fingerprint density at radius 2 is 1.27 bits per heavy atom. The molecule has 0 saturated heterocycles. The van der Waals surface area contributed by atoms with Crippen molar-refractivity contribution < 1.29 is 41.7 Å². The fraction of sp³-hybridized carbons (Fsp3) is 0.188. The average Bonchev–Trinajstić information content (AvgIpc) is 3.01. The molecule has 1 N–H and O–H groups in total. The third-order valence-corrected chi connectivity index (χ3v) is 6.12. The Hall–Kier alpha value is -5.57. The number of aromatic amines is 1. The van der Waals surface area contributed by atoms with Gasteiger partial charge in [-0.1, -0.05) is 23.2 Å². The number of benzene rings is 2. The molecule has 4 aromatic rings. The number of hydrogen-bond acceptors (Lipinski definition) is 10. The first-order valence-corrected chi connectivity index (χ1v) is 14.5. The van der Waals surface area contributed by atoms with Crippen LogP contribution in [0.25, 0.3) is 0 Å². The Balaban J connectivity index is 0.000000260. The summed E-state index contributed by atoms with van der Waals surface area (Å²) in [5.74, 6) is -5.07. The van der Waals surface area contributed by atoms with Crippen molar-refractivity contribution in [1.82, 2.24) is 9.97 Å². The predicted octanol–water partition coefficient (Wildman–Crippen LogP) is 6.72. The van der Waals surface area contributed by atoms with Gasteiger partial charge in [-0.05, 0) is 50.2 Å². The predicted molar refractivity (Wildman–Crippen MR) is 164 cm³/mol. The van der Waals surface area contributed by atoms with Gasteiger partial charge in [0.15, 0.2) is 23.1 Å². The van der Waals surface area contributed by atoms with Crippen LogP contribution in [0.3, 0.4) is 0 Å². The molecule has 0 amide bonds. The standard InChI is InChI=1S/C16H11ClF2N2O3.C16H12ClFN2O4/c1-2-23-15(22)6-12-16(19)13(7-14(18)21-12)24-11-4-9(8-20)3-10(17)5-11;1-2-23-15(22)6-12-16(18)13(7-14(21)20-12)24-11-4-9(8-19)3-10(17)5-11/h3-5,7H,2,6H2,1H3;3-5,7H,2,6H2,1H3,(H,20,21). The number of hydrogen-bond donors (Lipinski definition) is 1. The van der Waals surface area contributed by atoms with E-state index in [1.54, 1.807) is 13.8 Å². The lowest BCUT2D eigenvalue weighted by Gasteiger charge is -2.10. The largest absolute Gasteiger partial charge is 0.466 e. The third kappa shape index (κ3) is 10.8. The number of halogens is 5. The molecule has 0 spiro atoms. The maximum atomic E-state index is 14.4. The normalized spacial score (nSPS) is 10.1. The molecule has 0 saturated carbocycles. The summed E-state index contributed by atoms with van der Waals surface area (Å²) in [5, 5.41) is 18.2. The van der Waals surface area contributed by atoms with E-state index in [0.29, 0.717) is 0 Å². The average molecular weight is 703 g/mol. The smallest absolute Gasteiger partial charge is 0.311 e. The Morgan fingerprint density at radius 1 is 0.771 bits per heavy atom.